The smallest absolute Gasteiger partial charge is 0.143 e. The first-order valence-electron chi connectivity index (χ1n) is 18.7. The van der Waals surface area contributed by atoms with Crippen LogP contribution in [0.5, 0.6) is 0 Å². The molecular formula is C52H33NO2. The molecule has 2 aromatic heterocycles. The summed E-state index contributed by atoms with van der Waals surface area (Å²) in [6, 6.07) is 71.0. The summed E-state index contributed by atoms with van der Waals surface area (Å²) in [4.78, 5) is 2.36. The molecule has 0 atom stereocenters. The molecule has 0 spiro atoms. The lowest BCUT2D eigenvalue weighted by molar-refractivity contribution is 0.669. The Kier molecular flexibility index (Phi) is 7.17. The lowest BCUT2D eigenvalue weighted by Crippen LogP contribution is -2.11. The van der Waals surface area contributed by atoms with E-state index in [4.69, 9.17) is 8.83 Å². The minimum absolute atomic E-state index is 0.904. The van der Waals surface area contributed by atoms with Crippen molar-refractivity contribution in [2.75, 3.05) is 4.90 Å². The Balaban J connectivity index is 1.00. The number of para-hydroxylation sites is 4. The van der Waals surface area contributed by atoms with Gasteiger partial charge in [-0.15, -0.1) is 0 Å². The number of fused-ring (bicyclic) bond motifs is 7. The summed E-state index contributed by atoms with van der Waals surface area (Å²) in [6.45, 7) is 0. The monoisotopic (exact) mass is 703 g/mol. The van der Waals surface area contributed by atoms with Crippen LogP contribution in [0.25, 0.3) is 88.0 Å². The van der Waals surface area contributed by atoms with Gasteiger partial charge >= 0.3 is 0 Å². The van der Waals surface area contributed by atoms with Gasteiger partial charge in [0.2, 0.25) is 0 Å². The summed E-state index contributed by atoms with van der Waals surface area (Å²) in [7, 11) is 0. The minimum atomic E-state index is 0.904. The fraction of sp³-hybridized carbons (Fsp3) is 0. The van der Waals surface area contributed by atoms with Crippen LogP contribution in [-0.2, 0) is 0 Å². The highest BCUT2D eigenvalue weighted by Gasteiger charge is 2.19. The van der Waals surface area contributed by atoms with Gasteiger partial charge in [-0.3, -0.25) is 0 Å². The Morgan fingerprint density at radius 2 is 0.891 bits per heavy atom. The molecule has 0 radical (unpaired) electrons. The van der Waals surface area contributed by atoms with E-state index in [-0.39, 0.29) is 0 Å². The van der Waals surface area contributed by atoms with Gasteiger partial charge in [0.1, 0.15) is 22.3 Å². The zero-order valence-corrected chi connectivity index (χ0v) is 29.8. The maximum atomic E-state index is 6.41. The van der Waals surface area contributed by atoms with Crippen LogP contribution in [0.3, 0.4) is 0 Å². The van der Waals surface area contributed by atoms with E-state index in [0.29, 0.717) is 0 Å². The standard InChI is InChI=1S/C52H33NO2/c1-2-11-35(12-3-1)42-13-4-7-18-48(42)53(41-29-25-36(26-30-41)43-16-10-17-46-44-14-5-9-20-50(44)55-52(43)46)40-27-23-34(24-28-40)37-21-22-38-32-47-45-15-6-8-19-49(45)54-51(47)33-39(38)31-37/h1-33H. The van der Waals surface area contributed by atoms with Gasteiger partial charge < -0.3 is 13.7 Å². The van der Waals surface area contributed by atoms with Gasteiger partial charge in [-0.1, -0.05) is 140 Å². The molecule has 11 aromatic rings. The summed E-state index contributed by atoms with van der Waals surface area (Å²) < 4.78 is 12.6. The topological polar surface area (TPSA) is 29.5 Å². The molecule has 0 bridgehead atoms. The zero-order chi connectivity index (χ0) is 36.3. The summed E-state index contributed by atoms with van der Waals surface area (Å²) in [5.41, 5.74) is 13.7. The number of rotatable bonds is 6. The first kappa shape index (κ1) is 31.2. The lowest BCUT2D eigenvalue weighted by Gasteiger charge is -2.28. The zero-order valence-electron chi connectivity index (χ0n) is 29.8. The fourth-order valence-electron chi connectivity index (χ4n) is 8.17. The van der Waals surface area contributed by atoms with Crippen molar-refractivity contribution < 1.29 is 8.83 Å². The molecule has 0 amide bonds. The number of anilines is 3. The molecule has 258 valence electrons. The van der Waals surface area contributed by atoms with Crippen molar-refractivity contribution in [1.29, 1.82) is 0 Å². The molecule has 0 aliphatic rings. The molecule has 11 rings (SSSR count). The maximum absolute atomic E-state index is 6.41. The number of furan rings is 2. The van der Waals surface area contributed by atoms with Crippen LogP contribution in [-0.4, -0.2) is 0 Å². The first-order chi connectivity index (χ1) is 27.2. The third-order valence-corrected chi connectivity index (χ3v) is 10.9. The molecule has 9 aromatic carbocycles. The van der Waals surface area contributed by atoms with E-state index in [1.165, 1.54) is 10.9 Å². The SMILES string of the molecule is c1ccc(-c2ccccc2N(c2ccc(-c3ccc4cc5c(cc4c3)oc3ccccc35)cc2)c2ccc(-c3cccc4c3oc3ccccc34)cc2)cc1. The van der Waals surface area contributed by atoms with Crippen LogP contribution in [0.2, 0.25) is 0 Å². The average Bonchev–Trinajstić information content (AvgIpc) is 3.82. The molecule has 0 unspecified atom stereocenters. The Hall–Kier alpha value is -7.36. The molecule has 2 heterocycles. The molecule has 0 saturated heterocycles. The van der Waals surface area contributed by atoms with E-state index in [9.17, 15) is 0 Å². The Morgan fingerprint density at radius 3 is 1.67 bits per heavy atom. The van der Waals surface area contributed by atoms with Crippen molar-refractivity contribution in [2.45, 2.75) is 0 Å². The molecule has 3 nitrogen and oxygen atoms in total. The van der Waals surface area contributed by atoms with E-state index >= 15 is 0 Å². The van der Waals surface area contributed by atoms with E-state index in [0.717, 1.165) is 94.1 Å². The summed E-state index contributed by atoms with van der Waals surface area (Å²) in [6.07, 6.45) is 0. The molecule has 0 N–H and O–H groups in total. The van der Waals surface area contributed by atoms with E-state index in [1.807, 2.05) is 24.3 Å². The second-order valence-electron chi connectivity index (χ2n) is 14.1. The average molecular weight is 704 g/mol. The Labute approximate surface area is 317 Å². The van der Waals surface area contributed by atoms with Crippen LogP contribution in [0.15, 0.2) is 209 Å². The van der Waals surface area contributed by atoms with E-state index in [1.54, 1.807) is 0 Å². The molecule has 0 aliphatic heterocycles. The highest BCUT2D eigenvalue weighted by molar-refractivity contribution is 6.11. The fourth-order valence-corrected chi connectivity index (χ4v) is 8.17. The van der Waals surface area contributed by atoms with Gasteiger partial charge in [-0.2, -0.15) is 0 Å². The largest absolute Gasteiger partial charge is 0.456 e. The van der Waals surface area contributed by atoms with Gasteiger partial charge in [0.15, 0.2) is 0 Å². The summed E-state index contributed by atoms with van der Waals surface area (Å²) >= 11 is 0. The number of hydrogen-bond acceptors (Lipinski definition) is 3. The van der Waals surface area contributed by atoms with E-state index in [2.05, 4.69) is 181 Å². The predicted octanol–water partition coefficient (Wildman–Crippen LogP) is 15.1. The normalized spacial score (nSPS) is 11.6. The molecule has 3 heteroatoms. The van der Waals surface area contributed by atoms with E-state index < -0.39 is 0 Å². The number of hydrogen-bond donors (Lipinski definition) is 0. The first-order valence-corrected chi connectivity index (χ1v) is 18.7. The third kappa shape index (κ3) is 5.28. The third-order valence-electron chi connectivity index (χ3n) is 10.9. The van der Waals surface area contributed by atoms with Crippen molar-refractivity contribution >= 4 is 71.7 Å². The number of nitrogens with zero attached hydrogens (tertiary/aromatic N) is 1. The van der Waals surface area contributed by atoms with Gasteiger partial charge in [0.25, 0.3) is 0 Å². The maximum Gasteiger partial charge on any atom is 0.143 e. The molecule has 0 fully saturated rings. The van der Waals surface area contributed by atoms with Crippen LogP contribution in [0, 0.1) is 0 Å². The van der Waals surface area contributed by atoms with Crippen LogP contribution in [0.4, 0.5) is 17.1 Å². The second-order valence-corrected chi connectivity index (χ2v) is 14.1. The highest BCUT2D eigenvalue weighted by Crippen LogP contribution is 2.43. The second kappa shape index (κ2) is 12.6. The van der Waals surface area contributed by atoms with Crippen molar-refractivity contribution in [3.05, 3.63) is 200 Å². The minimum Gasteiger partial charge on any atom is -0.456 e. The van der Waals surface area contributed by atoms with Gasteiger partial charge in [0, 0.05) is 44.0 Å². The van der Waals surface area contributed by atoms with Gasteiger partial charge in [-0.05, 0) is 93.7 Å². The highest BCUT2D eigenvalue weighted by atomic mass is 16.3. The van der Waals surface area contributed by atoms with Crippen LogP contribution >= 0.6 is 0 Å². The van der Waals surface area contributed by atoms with Gasteiger partial charge in [-0.25, -0.2) is 0 Å². The summed E-state index contributed by atoms with van der Waals surface area (Å²) in [5.74, 6) is 0. The van der Waals surface area contributed by atoms with Crippen LogP contribution < -0.4 is 4.90 Å². The predicted molar refractivity (Wildman–Crippen MR) is 229 cm³/mol. The Bertz CT molecular complexity index is 3190. The van der Waals surface area contributed by atoms with Crippen molar-refractivity contribution in [2.24, 2.45) is 0 Å². The van der Waals surface area contributed by atoms with Crippen molar-refractivity contribution in [1.82, 2.24) is 0 Å². The van der Waals surface area contributed by atoms with Crippen molar-refractivity contribution in [3.8, 4) is 33.4 Å². The molecular weight excluding hydrogens is 671 g/mol. The summed E-state index contributed by atoms with van der Waals surface area (Å²) in [5, 5.41) is 6.92. The van der Waals surface area contributed by atoms with Crippen LogP contribution in [0.1, 0.15) is 0 Å². The molecule has 0 aliphatic carbocycles. The molecule has 55 heavy (non-hydrogen) atoms. The molecule has 0 saturated carbocycles. The van der Waals surface area contributed by atoms with Gasteiger partial charge in [0.05, 0.1) is 5.69 Å². The lowest BCUT2D eigenvalue weighted by atomic mass is 9.98. The Morgan fingerprint density at radius 1 is 0.309 bits per heavy atom. The quantitative estimate of drug-likeness (QED) is 0.173. The van der Waals surface area contributed by atoms with Crippen molar-refractivity contribution in [3.63, 3.8) is 0 Å². The number of benzene rings is 9.